The quantitative estimate of drug-likeness (QED) is 0.654. The average molecular weight is 223 g/mol. The van der Waals surface area contributed by atoms with Crippen LogP contribution in [0.4, 0.5) is 11.9 Å². The number of rotatable bonds is 3. The largest absolute Gasteiger partial charge is 0.368 e. The van der Waals surface area contributed by atoms with Crippen LogP contribution in [0.2, 0.25) is 0 Å². The summed E-state index contributed by atoms with van der Waals surface area (Å²) in [5, 5.41) is 0. The first-order valence-corrected chi connectivity index (χ1v) is 5.20. The molecule has 1 aromatic heterocycles. The van der Waals surface area contributed by atoms with Gasteiger partial charge in [0.1, 0.15) is 5.82 Å². The Kier molecular flexibility index (Phi) is 2.88. The Hall–Kier alpha value is -1.47. The molecular weight excluding hydrogens is 206 g/mol. The van der Waals surface area contributed by atoms with Crippen molar-refractivity contribution in [1.29, 1.82) is 0 Å². The Morgan fingerprint density at radius 1 is 1.31 bits per heavy atom. The molecule has 7 nitrogen and oxygen atoms in total. The molecule has 1 fully saturated rings. The lowest BCUT2D eigenvalue weighted by molar-refractivity contribution is 0.138. The van der Waals surface area contributed by atoms with E-state index in [1.54, 1.807) is 0 Å². The first kappa shape index (κ1) is 11.0. The second-order valence-electron chi connectivity index (χ2n) is 4.26. The lowest BCUT2D eigenvalue weighted by Gasteiger charge is -2.36. The number of hydrogen-bond acceptors (Lipinski definition) is 7. The smallest absolute Gasteiger partial charge is 0.229 e. The maximum Gasteiger partial charge on any atom is 0.229 e. The minimum atomic E-state index is 0.263. The predicted octanol–water partition coefficient (Wildman–Crippen LogP) is -1.34. The van der Waals surface area contributed by atoms with Gasteiger partial charge in [-0.1, -0.05) is 0 Å². The highest BCUT2D eigenvalue weighted by molar-refractivity contribution is 5.32. The SMILES string of the molecule is CN(C)c1nc(N)nc(CN2CC(N)C2)n1. The van der Waals surface area contributed by atoms with E-state index < -0.39 is 0 Å². The zero-order valence-electron chi connectivity index (χ0n) is 9.59. The first-order valence-electron chi connectivity index (χ1n) is 5.20. The van der Waals surface area contributed by atoms with Crippen molar-refractivity contribution in [3.8, 4) is 0 Å². The van der Waals surface area contributed by atoms with Crippen LogP contribution in [-0.4, -0.2) is 53.1 Å². The van der Waals surface area contributed by atoms with E-state index in [1.165, 1.54) is 0 Å². The fourth-order valence-electron chi connectivity index (χ4n) is 1.63. The van der Waals surface area contributed by atoms with Gasteiger partial charge < -0.3 is 16.4 Å². The van der Waals surface area contributed by atoms with Crippen LogP contribution >= 0.6 is 0 Å². The summed E-state index contributed by atoms with van der Waals surface area (Å²) in [7, 11) is 3.75. The molecule has 0 unspecified atom stereocenters. The third-order valence-electron chi connectivity index (χ3n) is 2.44. The van der Waals surface area contributed by atoms with Crippen molar-refractivity contribution in [3.63, 3.8) is 0 Å². The van der Waals surface area contributed by atoms with E-state index in [1.807, 2.05) is 19.0 Å². The fourth-order valence-corrected chi connectivity index (χ4v) is 1.63. The molecule has 0 saturated carbocycles. The summed E-state index contributed by atoms with van der Waals surface area (Å²) < 4.78 is 0. The Labute approximate surface area is 94.5 Å². The molecule has 0 aromatic carbocycles. The molecule has 2 heterocycles. The number of aromatic nitrogens is 3. The van der Waals surface area contributed by atoms with Gasteiger partial charge in [-0.05, 0) is 0 Å². The number of likely N-dealkylation sites (tertiary alicyclic amines) is 1. The van der Waals surface area contributed by atoms with E-state index in [0.717, 1.165) is 13.1 Å². The van der Waals surface area contributed by atoms with Crippen LogP contribution in [0.5, 0.6) is 0 Å². The van der Waals surface area contributed by atoms with E-state index in [4.69, 9.17) is 11.5 Å². The molecule has 7 heteroatoms. The van der Waals surface area contributed by atoms with Crippen LogP contribution in [0.15, 0.2) is 0 Å². The summed E-state index contributed by atoms with van der Waals surface area (Å²) in [5.74, 6) is 1.55. The number of nitrogen functional groups attached to an aromatic ring is 1. The lowest BCUT2D eigenvalue weighted by atomic mass is 10.1. The van der Waals surface area contributed by atoms with Gasteiger partial charge >= 0.3 is 0 Å². The monoisotopic (exact) mass is 223 g/mol. The van der Waals surface area contributed by atoms with Gasteiger partial charge in [-0.3, -0.25) is 4.90 Å². The molecule has 0 radical (unpaired) electrons. The third kappa shape index (κ3) is 2.37. The van der Waals surface area contributed by atoms with Crippen LogP contribution < -0.4 is 16.4 Å². The van der Waals surface area contributed by atoms with Gasteiger partial charge in [-0.2, -0.15) is 15.0 Å². The molecule has 1 aliphatic heterocycles. The lowest BCUT2D eigenvalue weighted by Crippen LogP contribution is -2.55. The molecule has 0 amide bonds. The van der Waals surface area contributed by atoms with Crippen molar-refractivity contribution in [2.45, 2.75) is 12.6 Å². The maximum absolute atomic E-state index is 5.70. The molecule has 1 aliphatic rings. The van der Waals surface area contributed by atoms with Crippen LogP contribution in [0.25, 0.3) is 0 Å². The zero-order valence-corrected chi connectivity index (χ0v) is 9.59. The van der Waals surface area contributed by atoms with Gasteiger partial charge in [0.05, 0.1) is 6.54 Å². The average Bonchev–Trinajstić information content (AvgIpc) is 2.14. The molecule has 16 heavy (non-hydrogen) atoms. The summed E-state index contributed by atoms with van der Waals surface area (Å²) in [5.41, 5.74) is 11.3. The Morgan fingerprint density at radius 3 is 2.56 bits per heavy atom. The second kappa shape index (κ2) is 4.18. The highest BCUT2D eigenvalue weighted by Crippen LogP contribution is 2.11. The van der Waals surface area contributed by atoms with Crippen molar-refractivity contribution in [2.75, 3.05) is 37.8 Å². The Morgan fingerprint density at radius 2 is 2.00 bits per heavy atom. The molecule has 88 valence electrons. The molecular formula is C9H17N7. The molecule has 0 atom stereocenters. The number of anilines is 2. The number of nitrogens with two attached hydrogens (primary N) is 2. The highest BCUT2D eigenvalue weighted by atomic mass is 15.3. The molecule has 0 aliphatic carbocycles. The van der Waals surface area contributed by atoms with Gasteiger partial charge in [0.2, 0.25) is 11.9 Å². The van der Waals surface area contributed by atoms with Gasteiger partial charge in [0, 0.05) is 33.2 Å². The molecule has 1 aromatic rings. The highest BCUT2D eigenvalue weighted by Gasteiger charge is 2.24. The second-order valence-corrected chi connectivity index (χ2v) is 4.26. The molecule has 0 bridgehead atoms. The van der Waals surface area contributed by atoms with Gasteiger partial charge in [0.25, 0.3) is 0 Å². The minimum Gasteiger partial charge on any atom is -0.368 e. The summed E-state index contributed by atoms with van der Waals surface area (Å²) in [6.45, 7) is 2.47. The minimum absolute atomic E-state index is 0.263. The van der Waals surface area contributed by atoms with Gasteiger partial charge in [-0.25, -0.2) is 0 Å². The third-order valence-corrected chi connectivity index (χ3v) is 2.44. The van der Waals surface area contributed by atoms with E-state index >= 15 is 0 Å². The molecule has 4 N–H and O–H groups in total. The van der Waals surface area contributed by atoms with E-state index in [0.29, 0.717) is 18.3 Å². The van der Waals surface area contributed by atoms with E-state index in [-0.39, 0.29) is 12.0 Å². The fraction of sp³-hybridized carbons (Fsp3) is 0.667. The summed E-state index contributed by atoms with van der Waals surface area (Å²) in [4.78, 5) is 16.5. The van der Waals surface area contributed by atoms with E-state index in [9.17, 15) is 0 Å². The Balaban J connectivity index is 2.08. The van der Waals surface area contributed by atoms with E-state index in [2.05, 4.69) is 19.9 Å². The number of nitrogens with zero attached hydrogens (tertiary/aromatic N) is 5. The topological polar surface area (TPSA) is 97.2 Å². The molecule has 0 spiro atoms. The van der Waals surface area contributed by atoms with Gasteiger partial charge in [-0.15, -0.1) is 0 Å². The van der Waals surface area contributed by atoms with Crippen molar-refractivity contribution in [3.05, 3.63) is 5.82 Å². The number of hydrogen-bond donors (Lipinski definition) is 2. The van der Waals surface area contributed by atoms with Crippen molar-refractivity contribution in [2.24, 2.45) is 5.73 Å². The van der Waals surface area contributed by atoms with Crippen LogP contribution in [-0.2, 0) is 6.54 Å². The summed E-state index contributed by atoms with van der Waals surface area (Å²) >= 11 is 0. The Bertz CT molecular complexity index is 372. The van der Waals surface area contributed by atoms with Crippen molar-refractivity contribution < 1.29 is 0 Å². The first-order chi connectivity index (χ1) is 7.54. The van der Waals surface area contributed by atoms with Crippen molar-refractivity contribution >= 4 is 11.9 Å². The maximum atomic E-state index is 5.70. The molecule has 1 saturated heterocycles. The predicted molar refractivity (Wildman–Crippen MR) is 61.8 cm³/mol. The van der Waals surface area contributed by atoms with Crippen molar-refractivity contribution in [1.82, 2.24) is 19.9 Å². The molecule has 2 rings (SSSR count). The van der Waals surface area contributed by atoms with Crippen LogP contribution in [0.3, 0.4) is 0 Å². The van der Waals surface area contributed by atoms with Crippen LogP contribution in [0, 0.1) is 0 Å². The van der Waals surface area contributed by atoms with Gasteiger partial charge in [0.15, 0.2) is 0 Å². The normalized spacial score (nSPS) is 17.2. The summed E-state index contributed by atoms with van der Waals surface area (Å²) in [6, 6.07) is 0.285. The van der Waals surface area contributed by atoms with Crippen LogP contribution in [0.1, 0.15) is 5.82 Å². The standard InChI is InChI=1S/C9H17N7/c1-15(2)9-13-7(12-8(11)14-9)5-16-3-6(10)4-16/h6H,3-5,10H2,1-2H3,(H2,11,12,13,14). The zero-order chi connectivity index (χ0) is 11.7. The summed E-state index contributed by atoms with van der Waals surface area (Å²) in [6.07, 6.45) is 0.